The lowest BCUT2D eigenvalue weighted by Crippen LogP contribution is -2.42. The van der Waals surface area contributed by atoms with Crippen molar-refractivity contribution in [2.24, 2.45) is 17.8 Å². The fourth-order valence-electron chi connectivity index (χ4n) is 3.47. The fraction of sp³-hybridized carbons (Fsp3) is 1.00. The Morgan fingerprint density at radius 1 is 0.688 bits per heavy atom. The summed E-state index contributed by atoms with van der Waals surface area (Å²) in [5, 5.41) is 7.47. The highest BCUT2D eigenvalue weighted by Gasteiger charge is 2.37. The van der Waals surface area contributed by atoms with Crippen molar-refractivity contribution in [3.05, 3.63) is 0 Å². The summed E-state index contributed by atoms with van der Waals surface area (Å²) in [7, 11) is 0. The lowest BCUT2D eigenvalue weighted by molar-refractivity contribution is 0.299. The molecule has 1 aliphatic carbocycles. The SMILES string of the molecule is CC1CCC(C)C2NC(C)NC2C(C)CC1. The summed E-state index contributed by atoms with van der Waals surface area (Å²) in [6.45, 7) is 9.52. The first-order valence-corrected chi connectivity index (χ1v) is 7.10. The van der Waals surface area contributed by atoms with Crippen LogP contribution < -0.4 is 10.6 Å². The molecule has 4 unspecified atom stereocenters. The van der Waals surface area contributed by atoms with Gasteiger partial charge in [-0.1, -0.05) is 33.6 Å². The standard InChI is InChI=1S/C14H28N2/c1-9-5-7-10(2)13-14(11(3)8-6-9)16-12(4)15-13/h9-16H,5-8H2,1-4H3. The quantitative estimate of drug-likeness (QED) is 0.661. The zero-order valence-corrected chi connectivity index (χ0v) is 11.3. The van der Waals surface area contributed by atoms with Crippen molar-refractivity contribution in [3.63, 3.8) is 0 Å². The van der Waals surface area contributed by atoms with Gasteiger partial charge in [0.1, 0.15) is 0 Å². The van der Waals surface area contributed by atoms with E-state index >= 15 is 0 Å². The smallest absolute Gasteiger partial charge is 0.0548 e. The van der Waals surface area contributed by atoms with Crippen LogP contribution in [0.4, 0.5) is 0 Å². The zero-order valence-electron chi connectivity index (χ0n) is 11.3. The zero-order chi connectivity index (χ0) is 11.7. The van der Waals surface area contributed by atoms with E-state index in [1.54, 1.807) is 0 Å². The second-order valence-corrected chi connectivity index (χ2v) is 6.32. The molecule has 1 saturated heterocycles. The Morgan fingerprint density at radius 2 is 1.12 bits per heavy atom. The molecule has 2 fully saturated rings. The fourth-order valence-corrected chi connectivity index (χ4v) is 3.47. The number of hydrogen-bond donors (Lipinski definition) is 2. The molecular weight excluding hydrogens is 196 g/mol. The van der Waals surface area contributed by atoms with Gasteiger partial charge < -0.3 is 0 Å². The number of fused-ring (bicyclic) bond motifs is 1. The van der Waals surface area contributed by atoms with Gasteiger partial charge in [0.25, 0.3) is 0 Å². The second-order valence-electron chi connectivity index (χ2n) is 6.32. The Hall–Kier alpha value is -0.0800. The molecule has 0 aromatic rings. The largest absolute Gasteiger partial charge is 0.297 e. The van der Waals surface area contributed by atoms with E-state index in [0.717, 1.165) is 17.8 Å². The van der Waals surface area contributed by atoms with Crippen molar-refractivity contribution < 1.29 is 0 Å². The molecule has 0 spiro atoms. The van der Waals surface area contributed by atoms with E-state index in [1.165, 1.54) is 25.7 Å². The van der Waals surface area contributed by atoms with E-state index in [1.807, 2.05) is 0 Å². The normalized spacial score (nSPS) is 50.2. The molecule has 2 heteroatoms. The average molecular weight is 224 g/mol. The summed E-state index contributed by atoms with van der Waals surface area (Å²) >= 11 is 0. The predicted octanol–water partition coefficient (Wildman–Crippen LogP) is 2.74. The Labute approximate surface area is 101 Å². The van der Waals surface area contributed by atoms with Crippen molar-refractivity contribution in [1.29, 1.82) is 0 Å². The van der Waals surface area contributed by atoms with Crippen LogP contribution in [0.1, 0.15) is 53.4 Å². The summed E-state index contributed by atoms with van der Waals surface area (Å²) in [6.07, 6.45) is 6.09. The molecule has 2 rings (SSSR count). The highest BCUT2D eigenvalue weighted by atomic mass is 15.2. The summed E-state index contributed by atoms with van der Waals surface area (Å²) in [5.74, 6) is 2.54. The molecule has 0 aromatic heterocycles. The molecule has 2 N–H and O–H groups in total. The first-order valence-electron chi connectivity index (χ1n) is 7.10. The van der Waals surface area contributed by atoms with Crippen LogP contribution in [0.5, 0.6) is 0 Å². The van der Waals surface area contributed by atoms with E-state index in [9.17, 15) is 0 Å². The molecule has 94 valence electrons. The van der Waals surface area contributed by atoms with E-state index in [2.05, 4.69) is 38.3 Å². The third kappa shape index (κ3) is 2.60. The highest BCUT2D eigenvalue weighted by Crippen LogP contribution is 2.30. The van der Waals surface area contributed by atoms with Gasteiger partial charge in [-0.3, -0.25) is 10.6 Å². The summed E-state index contributed by atoms with van der Waals surface area (Å²) < 4.78 is 0. The van der Waals surface area contributed by atoms with E-state index in [-0.39, 0.29) is 0 Å². The van der Waals surface area contributed by atoms with Crippen LogP contribution >= 0.6 is 0 Å². The molecule has 2 aliphatic rings. The second kappa shape index (κ2) is 5.05. The first-order chi connectivity index (χ1) is 7.58. The highest BCUT2D eigenvalue weighted by molar-refractivity contribution is 4.97. The minimum Gasteiger partial charge on any atom is -0.297 e. The molecule has 1 heterocycles. The van der Waals surface area contributed by atoms with Crippen LogP contribution in [0.2, 0.25) is 0 Å². The van der Waals surface area contributed by atoms with E-state index in [4.69, 9.17) is 0 Å². The molecule has 0 amide bonds. The Kier molecular flexibility index (Phi) is 3.91. The predicted molar refractivity (Wildman–Crippen MR) is 69.3 cm³/mol. The average Bonchev–Trinajstić information content (AvgIpc) is 2.64. The number of nitrogens with one attached hydrogen (secondary N) is 2. The van der Waals surface area contributed by atoms with Crippen LogP contribution in [0.3, 0.4) is 0 Å². The molecule has 2 nitrogen and oxygen atoms in total. The lowest BCUT2D eigenvalue weighted by atomic mass is 9.86. The van der Waals surface area contributed by atoms with Gasteiger partial charge in [0, 0.05) is 12.1 Å². The van der Waals surface area contributed by atoms with Crippen molar-refractivity contribution in [2.75, 3.05) is 0 Å². The number of hydrogen-bond acceptors (Lipinski definition) is 2. The summed E-state index contributed by atoms with van der Waals surface area (Å²) in [5.41, 5.74) is 0. The molecule has 1 aliphatic heterocycles. The van der Waals surface area contributed by atoms with Gasteiger partial charge in [-0.2, -0.15) is 0 Å². The van der Waals surface area contributed by atoms with Crippen molar-refractivity contribution >= 4 is 0 Å². The minimum atomic E-state index is 0.497. The molecule has 4 atom stereocenters. The Balaban J connectivity index is 2.09. The lowest BCUT2D eigenvalue weighted by Gasteiger charge is -2.28. The maximum atomic E-state index is 3.74. The third-order valence-electron chi connectivity index (χ3n) is 4.73. The van der Waals surface area contributed by atoms with Gasteiger partial charge in [-0.05, 0) is 37.5 Å². The Bertz CT molecular complexity index is 207. The van der Waals surface area contributed by atoms with Gasteiger partial charge in [0.15, 0.2) is 0 Å². The van der Waals surface area contributed by atoms with Gasteiger partial charge in [0.05, 0.1) is 6.17 Å². The Morgan fingerprint density at radius 3 is 1.56 bits per heavy atom. The molecule has 0 radical (unpaired) electrons. The molecule has 16 heavy (non-hydrogen) atoms. The van der Waals surface area contributed by atoms with Gasteiger partial charge >= 0.3 is 0 Å². The van der Waals surface area contributed by atoms with Crippen LogP contribution in [0.25, 0.3) is 0 Å². The van der Waals surface area contributed by atoms with Crippen molar-refractivity contribution in [3.8, 4) is 0 Å². The first kappa shape index (κ1) is 12.4. The minimum absolute atomic E-state index is 0.497. The van der Waals surface area contributed by atoms with Gasteiger partial charge in [-0.25, -0.2) is 0 Å². The van der Waals surface area contributed by atoms with Crippen LogP contribution in [0.15, 0.2) is 0 Å². The summed E-state index contributed by atoms with van der Waals surface area (Å²) in [6, 6.07) is 1.38. The topological polar surface area (TPSA) is 24.1 Å². The van der Waals surface area contributed by atoms with Crippen LogP contribution in [0, 0.1) is 17.8 Å². The maximum Gasteiger partial charge on any atom is 0.0548 e. The summed E-state index contributed by atoms with van der Waals surface area (Å²) in [4.78, 5) is 0. The van der Waals surface area contributed by atoms with Gasteiger partial charge in [-0.15, -0.1) is 0 Å². The van der Waals surface area contributed by atoms with Crippen molar-refractivity contribution in [2.45, 2.75) is 71.6 Å². The van der Waals surface area contributed by atoms with Crippen LogP contribution in [-0.4, -0.2) is 18.2 Å². The molecule has 0 aromatic carbocycles. The van der Waals surface area contributed by atoms with E-state index in [0.29, 0.717) is 18.2 Å². The molecule has 0 bridgehead atoms. The van der Waals surface area contributed by atoms with Crippen LogP contribution in [-0.2, 0) is 0 Å². The maximum absolute atomic E-state index is 3.74. The van der Waals surface area contributed by atoms with Gasteiger partial charge in [0.2, 0.25) is 0 Å². The molecule has 1 saturated carbocycles. The monoisotopic (exact) mass is 224 g/mol. The van der Waals surface area contributed by atoms with E-state index < -0.39 is 0 Å². The molecular formula is C14H28N2. The number of rotatable bonds is 0. The van der Waals surface area contributed by atoms with Crippen molar-refractivity contribution in [1.82, 2.24) is 10.6 Å². The third-order valence-corrected chi connectivity index (χ3v) is 4.73.